The Hall–Kier alpha value is -3.40. The van der Waals surface area contributed by atoms with Gasteiger partial charge in [0.15, 0.2) is 0 Å². The number of nitrogens with zero attached hydrogens (tertiary/aromatic N) is 3. The van der Waals surface area contributed by atoms with Crippen molar-refractivity contribution < 1.29 is 4.74 Å². The van der Waals surface area contributed by atoms with Crippen LogP contribution in [-0.2, 0) is 13.0 Å². The molecule has 140 valence electrons. The number of fused-ring (bicyclic) bond motifs is 1. The van der Waals surface area contributed by atoms with Crippen molar-refractivity contribution in [3.05, 3.63) is 90.1 Å². The van der Waals surface area contributed by atoms with E-state index in [0.717, 1.165) is 41.0 Å². The predicted molar refractivity (Wildman–Crippen MR) is 114 cm³/mol. The highest BCUT2D eigenvalue weighted by atomic mass is 16.5. The molecular formula is C24H23N3O. The summed E-state index contributed by atoms with van der Waals surface area (Å²) in [6.45, 7) is 2.96. The van der Waals surface area contributed by atoms with Crippen LogP contribution in [0, 0.1) is 0 Å². The molecule has 0 bridgehead atoms. The third kappa shape index (κ3) is 3.54. The molecule has 1 heterocycles. The van der Waals surface area contributed by atoms with Gasteiger partial charge in [0.2, 0.25) is 0 Å². The molecule has 4 heteroatoms. The lowest BCUT2D eigenvalue weighted by Crippen LogP contribution is -2.03. The van der Waals surface area contributed by atoms with E-state index < -0.39 is 0 Å². The molecule has 0 aliphatic carbocycles. The highest BCUT2D eigenvalue weighted by molar-refractivity contribution is 5.94. The largest absolute Gasteiger partial charge is 0.497 e. The molecule has 0 aliphatic rings. The van der Waals surface area contributed by atoms with Gasteiger partial charge in [-0.25, -0.2) is 0 Å². The number of hydrogen-bond acceptors (Lipinski definition) is 3. The summed E-state index contributed by atoms with van der Waals surface area (Å²) in [5, 5.41) is 10.2. The number of azo groups is 1. The minimum absolute atomic E-state index is 0.799. The fourth-order valence-electron chi connectivity index (χ4n) is 3.51. The number of aromatic nitrogens is 1. The third-order valence-electron chi connectivity index (χ3n) is 4.89. The van der Waals surface area contributed by atoms with Crippen LogP contribution in [0.25, 0.3) is 10.9 Å². The smallest absolute Gasteiger partial charge is 0.119 e. The molecule has 0 saturated heterocycles. The summed E-state index contributed by atoms with van der Waals surface area (Å²) in [4.78, 5) is 0. The van der Waals surface area contributed by atoms with E-state index >= 15 is 0 Å². The van der Waals surface area contributed by atoms with Crippen molar-refractivity contribution in [1.82, 2.24) is 4.57 Å². The van der Waals surface area contributed by atoms with E-state index in [1.807, 2.05) is 42.5 Å². The van der Waals surface area contributed by atoms with Crippen LogP contribution < -0.4 is 4.74 Å². The van der Waals surface area contributed by atoms with Crippen LogP contribution in [0.3, 0.4) is 0 Å². The second-order valence-corrected chi connectivity index (χ2v) is 6.64. The molecule has 0 spiro atoms. The van der Waals surface area contributed by atoms with Crippen LogP contribution in [-0.4, -0.2) is 11.7 Å². The van der Waals surface area contributed by atoms with Gasteiger partial charge in [-0.3, -0.25) is 0 Å². The first-order valence-electron chi connectivity index (χ1n) is 9.50. The average molecular weight is 369 g/mol. The molecule has 0 N–H and O–H groups in total. The summed E-state index contributed by atoms with van der Waals surface area (Å²) in [7, 11) is 1.69. The van der Waals surface area contributed by atoms with Crippen molar-refractivity contribution in [3.63, 3.8) is 0 Å². The Morgan fingerprint density at radius 2 is 1.57 bits per heavy atom. The summed E-state index contributed by atoms with van der Waals surface area (Å²) in [5.74, 6) is 0.822. The van der Waals surface area contributed by atoms with Gasteiger partial charge in [-0.15, -0.1) is 5.11 Å². The van der Waals surface area contributed by atoms with E-state index in [1.54, 1.807) is 7.11 Å². The Bertz CT molecular complexity index is 1100. The van der Waals surface area contributed by atoms with Crippen LogP contribution in [0.15, 0.2) is 89.1 Å². The van der Waals surface area contributed by atoms with Gasteiger partial charge in [-0.05, 0) is 42.3 Å². The van der Waals surface area contributed by atoms with Gasteiger partial charge < -0.3 is 9.30 Å². The van der Waals surface area contributed by atoms with E-state index in [1.165, 1.54) is 11.3 Å². The maximum Gasteiger partial charge on any atom is 0.119 e. The molecule has 0 unspecified atom stereocenters. The molecule has 28 heavy (non-hydrogen) atoms. The molecule has 4 rings (SSSR count). The Morgan fingerprint density at radius 3 is 2.25 bits per heavy atom. The first-order valence-corrected chi connectivity index (χ1v) is 9.50. The SMILES string of the molecule is CCc1c(N=Nc2ccccc2)c2cc(OC)ccc2n1Cc1ccccc1. The zero-order valence-corrected chi connectivity index (χ0v) is 16.2. The molecule has 3 aromatic carbocycles. The van der Waals surface area contributed by atoms with Gasteiger partial charge in [0.25, 0.3) is 0 Å². The minimum atomic E-state index is 0.799. The van der Waals surface area contributed by atoms with E-state index in [-0.39, 0.29) is 0 Å². The van der Waals surface area contributed by atoms with Crippen molar-refractivity contribution in [3.8, 4) is 5.75 Å². The quantitative estimate of drug-likeness (QED) is 0.350. The number of benzene rings is 3. The van der Waals surface area contributed by atoms with Crippen molar-refractivity contribution in [2.75, 3.05) is 7.11 Å². The highest BCUT2D eigenvalue weighted by Gasteiger charge is 2.17. The lowest BCUT2D eigenvalue weighted by atomic mass is 10.2. The molecule has 4 aromatic rings. The van der Waals surface area contributed by atoms with E-state index in [0.29, 0.717) is 0 Å². The highest BCUT2D eigenvalue weighted by Crippen LogP contribution is 2.37. The van der Waals surface area contributed by atoms with Gasteiger partial charge >= 0.3 is 0 Å². The number of hydrogen-bond donors (Lipinski definition) is 0. The molecular weight excluding hydrogens is 346 g/mol. The fraction of sp³-hybridized carbons (Fsp3) is 0.167. The van der Waals surface area contributed by atoms with Crippen molar-refractivity contribution in [2.24, 2.45) is 10.2 Å². The Balaban J connectivity index is 1.87. The lowest BCUT2D eigenvalue weighted by molar-refractivity contribution is 0.415. The van der Waals surface area contributed by atoms with Gasteiger partial charge in [-0.2, -0.15) is 5.11 Å². The summed E-state index contributed by atoms with van der Waals surface area (Å²) >= 11 is 0. The zero-order chi connectivity index (χ0) is 19.3. The Labute approximate surface area is 165 Å². The molecule has 0 amide bonds. The third-order valence-corrected chi connectivity index (χ3v) is 4.89. The molecule has 0 atom stereocenters. The second-order valence-electron chi connectivity index (χ2n) is 6.64. The maximum absolute atomic E-state index is 5.46. The molecule has 0 fully saturated rings. The molecule has 1 aromatic heterocycles. The van der Waals surface area contributed by atoms with E-state index in [9.17, 15) is 0 Å². The monoisotopic (exact) mass is 369 g/mol. The van der Waals surface area contributed by atoms with Crippen molar-refractivity contribution in [2.45, 2.75) is 19.9 Å². The van der Waals surface area contributed by atoms with Gasteiger partial charge in [0, 0.05) is 17.6 Å². The summed E-state index contributed by atoms with van der Waals surface area (Å²) in [6, 6.07) is 26.5. The van der Waals surface area contributed by atoms with E-state index in [4.69, 9.17) is 4.74 Å². The van der Waals surface area contributed by atoms with Gasteiger partial charge in [-0.1, -0.05) is 55.5 Å². The minimum Gasteiger partial charge on any atom is -0.497 e. The normalized spacial score (nSPS) is 11.4. The molecule has 0 radical (unpaired) electrons. The van der Waals surface area contributed by atoms with Crippen LogP contribution in [0.1, 0.15) is 18.2 Å². The summed E-state index contributed by atoms with van der Waals surface area (Å²) in [5.41, 5.74) is 5.33. The van der Waals surface area contributed by atoms with Crippen LogP contribution in [0.4, 0.5) is 11.4 Å². The molecule has 0 aliphatic heterocycles. The second kappa shape index (κ2) is 8.09. The molecule has 4 nitrogen and oxygen atoms in total. The van der Waals surface area contributed by atoms with Gasteiger partial charge in [0.05, 0.1) is 18.3 Å². The van der Waals surface area contributed by atoms with E-state index in [2.05, 4.69) is 58.1 Å². The van der Waals surface area contributed by atoms with Crippen LogP contribution >= 0.6 is 0 Å². The summed E-state index contributed by atoms with van der Waals surface area (Å²) in [6.07, 6.45) is 0.868. The number of rotatable bonds is 6. The van der Waals surface area contributed by atoms with Crippen LogP contribution in [0.5, 0.6) is 5.75 Å². The zero-order valence-electron chi connectivity index (χ0n) is 16.2. The average Bonchev–Trinajstić information content (AvgIpc) is 3.05. The first-order chi connectivity index (χ1) is 13.8. The lowest BCUT2D eigenvalue weighted by Gasteiger charge is -2.10. The topological polar surface area (TPSA) is 38.9 Å². The maximum atomic E-state index is 5.46. The first kappa shape index (κ1) is 18.0. The van der Waals surface area contributed by atoms with Crippen LogP contribution in [0.2, 0.25) is 0 Å². The Kier molecular flexibility index (Phi) is 5.20. The summed E-state index contributed by atoms with van der Waals surface area (Å²) < 4.78 is 7.80. The van der Waals surface area contributed by atoms with Gasteiger partial charge in [0.1, 0.15) is 11.4 Å². The molecule has 0 saturated carbocycles. The Morgan fingerprint density at radius 1 is 0.857 bits per heavy atom. The van der Waals surface area contributed by atoms with Crippen molar-refractivity contribution >= 4 is 22.3 Å². The number of ether oxygens (including phenoxy) is 1. The fourth-order valence-corrected chi connectivity index (χ4v) is 3.51. The number of methoxy groups -OCH3 is 1. The predicted octanol–water partition coefficient (Wildman–Crippen LogP) is 6.68. The van der Waals surface area contributed by atoms with Crippen molar-refractivity contribution in [1.29, 1.82) is 0 Å². The standard InChI is InChI=1S/C24H23N3O/c1-3-22-24(26-25-19-12-8-5-9-13-19)21-16-20(28-2)14-15-23(21)27(22)17-18-10-6-4-7-11-18/h4-16H,3,17H2,1-2H3.